The summed E-state index contributed by atoms with van der Waals surface area (Å²) < 4.78 is 11.4. The minimum absolute atomic E-state index is 0.173. The van der Waals surface area contributed by atoms with E-state index in [0.717, 1.165) is 16.7 Å². The molecule has 0 saturated carbocycles. The summed E-state index contributed by atoms with van der Waals surface area (Å²) in [6.07, 6.45) is 1.92. The van der Waals surface area contributed by atoms with E-state index in [4.69, 9.17) is 9.47 Å². The van der Waals surface area contributed by atoms with Crippen molar-refractivity contribution in [2.24, 2.45) is 0 Å². The SMILES string of the molecule is Cc1ccccc1/C=C1\Oc2c(ccc(OC(=O)Cc3ccccc3)c2C)C1=O. The summed E-state index contributed by atoms with van der Waals surface area (Å²) in [6.45, 7) is 3.77. The molecule has 0 aromatic heterocycles. The van der Waals surface area contributed by atoms with E-state index in [1.54, 1.807) is 25.1 Å². The summed E-state index contributed by atoms with van der Waals surface area (Å²) in [5.74, 6) is 0.576. The molecule has 0 spiro atoms. The van der Waals surface area contributed by atoms with E-state index in [-0.39, 0.29) is 23.9 Å². The summed E-state index contributed by atoms with van der Waals surface area (Å²) in [5, 5.41) is 0. The van der Waals surface area contributed by atoms with Crippen molar-refractivity contribution in [1.29, 1.82) is 0 Å². The predicted molar refractivity (Wildman–Crippen MR) is 111 cm³/mol. The Kier molecular flexibility index (Phi) is 5.00. The topological polar surface area (TPSA) is 52.6 Å². The molecule has 0 N–H and O–H groups in total. The fraction of sp³-hybridized carbons (Fsp3) is 0.120. The van der Waals surface area contributed by atoms with E-state index in [2.05, 4.69) is 0 Å². The number of hydrogen-bond donors (Lipinski definition) is 0. The van der Waals surface area contributed by atoms with Crippen LogP contribution in [0, 0.1) is 13.8 Å². The van der Waals surface area contributed by atoms with Gasteiger partial charge in [0.25, 0.3) is 0 Å². The second-order valence-corrected chi connectivity index (χ2v) is 7.00. The van der Waals surface area contributed by atoms with Crippen molar-refractivity contribution in [3.05, 3.63) is 100 Å². The molecule has 0 fully saturated rings. The number of carbonyl (C=O) groups excluding carboxylic acids is 2. The molecule has 1 heterocycles. The Balaban J connectivity index is 1.57. The smallest absolute Gasteiger partial charge is 0.315 e. The molecule has 0 bridgehead atoms. The average molecular weight is 384 g/mol. The van der Waals surface area contributed by atoms with E-state index < -0.39 is 0 Å². The lowest BCUT2D eigenvalue weighted by atomic mass is 10.0. The van der Waals surface area contributed by atoms with Crippen molar-refractivity contribution in [1.82, 2.24) is 0 Å². The second kappa shape index (κ2) is 7.76. The number of Topliss-reactive ketones (excluding diaryl/α,β-unsaturated/α-hetero) is 1. The van der Waals surface area contributed by atoms with Crippen LogP contribution in [0.3, 0.4) is 0 Å². The predicted octanol–water partition coefficient (Wildman–Crippen LogP) is 5.07. The summed E-state index contributed by atoms with van der Waals surface area (Å²) in [4.78, 5) is 25.0. The van der Waals surface area contributed by atoms with Gasteiger partial charge in [-0.15, -0.1) is 0 Å². The lowest BCUT2D eigenvalue weighted by Gasteiger charge is -2.10. The van der Waals surface area contributed by atoms with Gasteiger partial charge in [0.05, 0.1) is 12.0 Å². The third-order valence-electron chi connectivity index (χ3n) is 4.93. The lowest BCUT2D eigenvalue weighted by molar-refractivity contribution is -0.133. The van der Waals surface area contributed by atoms with Crippen LogP contribution < -0.4 is 9.47 Å². The zero-order chi connectivity index (χ0) is 20.4. The average Bonchev–Trinajstić information content (AvgIpc) is 3.03. The fourth-order valence-electron chi connectivity index (χ4n) is 3.29. The normalized spacial score (nSPS) is 13.9. The maximum Gasteiger partial charge on any atom is 0.315 e. The maximum atomic E-state index is 12.7. The van der Waals surface area contributed by atoms with Gasteiger partial charge in [-0.05, 0) is 48.7 Å². The van der Waals surface area contributed by atoms with Crippen LogP contribution in [0.5, 0.6) is 11.5 Å². The number of benzene rings is 3. The van der Waals surface area contributed by atoms with Gasteiger partial charge in [-0.1, -0.05) is 54.6 Å². The van der Waals surface area contributed by atoms with Crippen LogP contribution in [0.25, 0.3) is 6.08 Å². The molecule has 3 aromatic carbocycles. The number of allylic oxidation sites excluding steroid dienone is 1. The highest BCUT2D eigenvalue weighted by molar-refractivity contribution is 6.15. The molecule has 144 valence electrons. The first-order chi connectivity index (χ1) is 14.0. The largest absolute Gasteiger partial charge is 0.452 e. The molecule has 0 aliphatic carbocycles. The van der Waals surface area contributed by atoms with Crippen molar-refractivity contribution in [2.75, 3.05) is 0 Å². The highest BCUT2D eigenvalue weighted by atomic mass is 16.5. The molecular weight excluding hydrogens is 364 g/mol. The van der Waals surface area contributed by atoms with E-state index in [1.165, 1.54) is 0 Å². The van der Waals surface area contributed by atoms with Crippen LogP contribution in [0.4, 0.5) is 0 Å². The van der Waals surface area contributed by atoms with E-state index in [0.29, 0.717) is 22.6 Å². The zero-order valence-corrected chi connectivity index (χ0v) is 16.3. The number of ether oxygens (including phenoxy) is 2. The Hall–Kier alpha value is -3.66. The standard InChI is InChI=1S/C25H20O4/c1-16-8-6-7-11-19(16)15-22-24(27)20-12-13-21(17(2)25(20)29-22)28-23(26)14-18-9-4-3-5-10-18/h3-13,15H,14H2,1-2H3/b22-15-. The number of fused-ring (bicyclic) bond motifs is 1. The van der Waals surface area contributed by atoms with Crippen molar-refractivity contribution < 1.29 is 19.1 Å². The van der Waals surface area contributed by atoms with Crippen molar-refractivity contribution >= 4 is 17.8 Å². The zero-order valence-electron chi connectivity index (χ0n) is 16.3. The van der Waals surface area contributed by atoms with Crippen molar-refractivity contribution in [3.63, 3.8) is 0 Å². The highest BCUT2D eigenvalue weighted by Crippen LogP contribution is 2.39. The molecule has 1 aliphatic rings. The van der Waals surface area contributed by atoms with Crippen LogP contribution in [-0.2, 0) is 11.2 Å². The summed E-state index contributed by atoms with van der Waals surface area (Å²) in [6, 6.07) is 20.5. The van der Waals surface area contributed by atoms with E-state index >= 15 is 0 Å². The molecule has 0 unspecified atom stereocenters. The molecule has 3 aromatic rings. The number of rotatable bonds is 4. The lowest BCUT2D eigenvalue weighted by Crippen LogP contribution is -2.12. The van der Waals surface area contributed by atoms with Gasteiger partial charge in [-0.2, -0.15) is 0 Å². The van der Waals surface area contributed by atoms with Crippen molar-refractivity contribution in [3.8, 4) is 11.5 Å². The summed E-state index contributed by atoms with van der Waals surface area (Å²) >= 11 is 0. The molecule has 4 nitrogen and oxygen atoms in total. The number of hydrogen-bond acceptors (Lipinski definition) is 4. The molecule has 1 aliphatic heterocycles. The Morgan fingerprint density at radius 3 is 2.45 bits per heavy atom. The van der Waals surface area contributed by atoms with Gasteiger partial charge in [0.15, 0.2) is 5.76 Å². The van der Waals surface area contributed by atoms with Crippen LogP contribution in [0.2, 0.25) is 0 Å². The Morgan fingerprint density at radius 2 is 1.69 bits per heavy atom. The summed E-state index contributed by atoms with van der Waals surface area (Å²) in [7, 11) is 0. The van der Waals surface area contributed by atoms with Crippen molar-refractivity contribution in [2.45, 2.75) is 20.3 Å². The minimum atomic E-state index is -0.362. The first kappa shape index (κ1) is 18.7. The Bertz CT molecular complexity index is 1130. The Morgan fingerprint density at radius 1 is 0.966 bits per heavy atom. The third-order valence-corrected chi connectivity index (χ3v) is 4.93. The minimum Gasteiger partial charge on any atom is -0.452 e. The summed E-state index contributed by atoms with van der Waals surface area (Å²) in [5.41, 5.74) is 3.97. The molecule has 4 rings (SSSR count). The van der Waals surface area contributed by atoms with Gasteiger partial charge in [0.1, 0.15) is 11.5 Å². The Labute approximate surface area is 169 Å². The monoisotopic (exact) mass is 384 g/mol. The molecule has 4 heteroatoms. The number of aryl methyl sites for hydroxylation is 1. The van der Waals surface area contributed by atoms with Gasteiger partial charge in [0.2, 0.25) is 5.78 Å². The maximum absolute atomic E-state index is 12.7. The second-order valence-electron chi connectivity index (χ2n) is 7.00. The van der Waals surface area contributed by atoms with Crippen LogP contribution in [0.15, 0.2) is 72.5 Å². The van der Waals surface area contributed by atoms with Gasteiger partial charge < -0.3 is 9.47 Å². The van der Waals surface area contributed by atoms with Gasteiger partial charge in [-0.25, -0.2) is 0 Å². The quantitative estimate of drug-likeness (QED) is 0.358. The molecule has 0 atom stereocenters. The number of carbonyl (C=O) groups is 2. The van der Waals surface area contributed by atoms with Crippen LogP contribution in [-0.4, -0.2) is 11.8 Å². The first-order valence-electron chi connectivity index (χ1n) is 9.41. The van der Waals surface area contributed by atoms with Gasteiger partial charge in [-0.3, -0.25) is 9.59 Å². The molecule has 0 radical (unpaired) electrons. The molecule has 0 amide bonds. The van der Waals surface area contributed by atoms with E-state index in [1.807, 2.05) is 61.5 Å². The third kappa shape index (κ3) is 3.83. The van der Waals surface area contributed by atoms with E-state index in [9.17, 15) is 9.59 Å². The molecule has 29 heavy (non-hydrogen) atoms. The van der Waals surface area contributed by atoms with Gasteiger partial charge in [0, 0.05) is 5.56 Å². The molecular formula is C25H20O4. The number of esters is 1. The fourth-order valence-corrected chi connectivity index (χ4v) is 3.29. The first-order valence-corrected chi connectivity index (χ1v) is 9.41. The van der Waals surface area contributed by atoms with Crippen LogP contribution in [0.1, 0.15) is 32.6 Å². The molecule has 0 saturated heterocycles. The van der Waals surface area contributed by atoms with Crippen LogP contribution >= 0.6 is 0 Å². The number of ketones is 1. The highest BCUT2D eigenvalue weighted by Gasteiger charge is 2.30. The van der Waals surface area contributed by atoms with Gasteiger partial charge >= 0.3 is 5.97 Å².